The lowest BCUT2D eigenvalue weighted by molar-refractivity contribution is -0.387. The maximum atomic E-state index is 13.4. The van der Waals surface area contributed by atoms with E-state index in [-0.39, 0.29) is 18.0 Å². The molecule has 2 amide bonds. The number of nitrogens with zero attached hydrogens (tertiary/aromatic N) is 1. The number of nitro benzene ring substituents is 1. The number of nitro groups is 1. The number of thiophene rings is 1. The van der Waals surface area contributed by atoms with E-state index >= 15 is 0 Å². The van der Waals surface area contributed by atoms with Crippen LogP contribution < -0.4 is 10.6 Å². The molecule has 0 fully saturated rings. The molecule has 1 aromatic carbocycles. The summed E-state index contributed by atoms with van der Waals surface area (Å²) in [6.45, 7) is -0.364. The average Bonchev–Trinajstić information content (AvgIpc) is 3.41. The maximum Gasteiger partial charge on any atom is 0.313 e. The van der Waals surface area contributed by atoms with Crippen molar-refractivity contribution in [3.63, 3.8) is 0 Å². The van der Waals surface area contributed by atoms with Crippen molar-refractivity contribution in [3.8, 4) is 0 Å². The highest BCUT2D eigenvalue weighted by Crippen LogP contribution is 2.32. The van der Waals surface area contributed by atoms with Crippen molar-refractivity contribution in [3.05, 3.63) is 80.7 Å². The number of carbonyl (C=O) groups is 2. The number of halogens is 1. The fraction of sp³-hybridized carbons (Fsp3) is 0.111. The van der Waals surface area contributed by atoms with Gasteiger partial charge in [0.05, 0.1) is 17.7 Å². The summed E-state index contributed by atoms with van der Waals surface area (Å²) in [5, 5.41) is 28.0. The van der Waals surface area contributed by atoms with Crippen LogP contribution in [0, 0.1) is 15.9 Å². The SMILES string of the molecule is O=C(NCC(O)(c1ccco1)c1cccs1)C(=O)Nc1ccc(F)c([N+](=O)[O-])c1. The van der Waals surface area contributed by atoms with E-state index in [2.05, 4.69) is 10.6 Å². The van der Waals surface area contributed by atoms with Gasteiger partial charge in [0.15, 0.2) is 5.60 Å². The Morgan fingerprint density at radius 3 is 2.66 bits per heavy atom. The number of anilines is 1. The monoisotopic (exact) mass is 419 g/mol. The first-order chi connectivity index (χ1) is 13.8. The minimum absolute atomic E-state index is 0.127. The van der Waals surface area contributed by atoms with Gasteiger partial charge in [0, 0.05) is 16.6 Å². The molecule has 9 nitrogen and oxygen atoms in total. The highest BCUT2D eigenvalue weighted by Gasteiger charge is 2.36. The van der Waals surface area contributed by atoms with E-state index < -0.39 is 33.8 Å². The molecule has 3 rings (SSSR count). The van der Waals surface area contributed by atoms with E-state index in [1.54, 1.807) is 23.6 Å². The minimum atomic E-state index is -1.69. The van der Waals surface area contributed by atoms with Gasteiger partial charge in [-0.25, -0.2) is 0 Å². The Balaban J connectivity index is 1.70. The van der Waals surface area contributed by atoms with E-state index in [1.165, 1.54) is 23.7 Å². The van der Waals surface area contributed by atoms with Crippen LogP contribution >= 0.6 is 11.3 Å². The number of hydrogen-bond donors (Lipinski definition) is 3. The molecule has 0 aliphatic heterocycles. The predicted molar refractivity (Wildman–Crippen MR) is 101 cm³/mol. The van der Waals surface area contributed by atoms with Crippen LogP contribution in [0.4, 0.5) is 15.8 Å². The van der Waals surface area contributed by atoms with Crippen LogP contribution in [0.15, 0.2) is 58.5 Å². The van der Waals surface area contributed by atoms with E-state index in [0.29, 0.717) is 4.88 Å². The topological polar surface area (TPSA) is 135 Å². The number of hydrogen-bond acceptors (Lipinski definition) is 7. The molecule has 0 radical (unpaired) electrons. The van der Waals surface area contributed by atoms with Crippen LogP contribution in [0.5, 0.6) is 0 Å². The lowest BCUT2D eigenvalue weighted by Crippen LogP contribution is -2.44. The molecule has 2 aromatic heterocycles. The maximum absolute atomic E-state index is 13.4. The highest BCUT2D eigenvalue weighted by atomic mass is 32.1. The van der Waals surface area contributed by atoms with Gasteiger partial charge in [-0.05, 0) is 35.7 Å². The first kappa shape index (κ1) is 20.2. The molecular formula is C18H14FN3O6S. The molecule has 0 aliphatic carbocycles. The van der Waals surface area contributed by atoms with Gasteiger partial charge in [-0.1, -0.05) is 6.07 Å². The van der Waals surface area contributed by atoms with Gasteiger partial charge >= 0.3 is 17.5 Å². The van der Waals surface area contributed by atoms with Gasteiger partial charge in [-0.3, -0.25) is 19.7 Å². The van der Waals surface area contributed by atoms with E-state index in [4.69, 9.17) is 4.42 Å². The Hall–Kier alpha value is -3.57. The number of aliphatic hydroxyl groups is 1. The van der Waals surface area contributed by atoms with Crippen molar-refractivity contribution in [1.82, 2.24) is 5.32 Å². The normalized spacial score (nSPS) is 12.8. The van der Waals surface area contributed by atoms with Gasteiger partial charge in [-0.15, -0.1) is 11.3 Å². The largest absolute Gasteiger partial charge is 0.466 e. The first-order valence-electron chi connectivity index (χ1n) is 8.15. The third kappa shape index (κ3) is 4.31. The van der Waals surface area contributed by atoms with Crippen LogP contribution in [0.2, 0.25) is 0 Å². The minimum Gasteiger partial charge on any atom is -0.466 e. The second-order valence-electron chi connectivity index (χ2n) is 5.87. The quantitative estimate of drug-likeness (QED) is 0.319. The van der Waals surface area contributed by atoms with E-state index in [0.717, 1.165) is 18.2 Å². The summed E-state index contributed by atoms with van der Waals surface area (Å²) in [6, 6.07) is 9.15. The molecule has 3 N–H and O–H groups in total. The van der Waals surface area contributed by atoms with Gasteiger partial charge in [0.25, 0.3) is 0 Å². The number of rotatable bonds is 6. The summed E-state index contributed by atoms with van der Waals surface area (Å²) in [6.07, 6.45) is 1.36. The van der Waals surface area contributed by atoms with Crippen molar-refractivity contribution >= 4 is 34.5 Å². The molecule has 1 unspecified atom stereocenters. The smallest absolute Gasteiger partial charge is 0.313 e. The van der Waals surface area contributed by atoms with Crippen LogP contribution in [0.25, 0.3) is 0 Å². The third-order valence-electron chi connectivity index (χ3n) is 3.97. The second-order valence-corrected chi connectivity index (χ2v) is 6.82. The van der Waals surface area contributed by atoms with Gasteiger partial charge < -0.3 is 20.2 Å². The molecule has 150 valence electrons. The van der Waals surface area contributed by atoms with E-state index in [9.17, 15) is 29.2 Å². The summed E-state index contributed by atoms with van der Waals surface area (Å²) >= 11 is 1.24. The molecular weight excluding hydrogens is 405 g/mol. The summed E-state index contributed by atoms with van der Waals surface area (Å²) in [7, 11) is 0. The molecule has 0 bridgehead atoms. The number of carbonyl (C=O) groups excluding carboxylic acids is 2. The molecule has 0 spiro atoms. The van der Waals surface area contributed by atoms with Crippen LogP contribution in [0.1, 0.15) is 10.6 Å². The lowest BCUT2D eigenvalue weighted by Gasteiger charge is -2.25. The summed E-state index contributed by atoms with van der Waals surface area (Å²) in [4.78, 5) is 34.5. The van der Waals surface area contributed by atoms with Gasteiger partial charge in [-0.2, -0.15) is 4.39 Å². The standard InChI is InChI=1S/C18H14FN3O6S/c19-12-6-5-11(9-13(12)22(26)27)21-17(24)16(23)20-10-18(25,14-3-1-7-28-14)15-4-2-8-29-15/h1-9,25H,10H2,(H,20,23)(H,21,24). The molecule has 3 aromatic rings. The Kier molecular flexibility index (Phi) is 5.71. The average molecular weight is 419 g/mol. The third-order valence-corrected chi connectivity index (χ3v) is 4.99. The highest BCUT2D eigenvalue weighted by molar-refractivity contribution is 7.10. The molecule has 0 aliphatic rings. The Morgan fingerprint density at radius 2 is 2.03 bits per heavy atom. The number of amides is 2. The molecule has 29 heavy (non-hydrogen) atoms. The zero-order chi connectivity index (χ0) is 21.0. The lowest BCUT2D eigenvalue weighted by atomic mass is 9.98. The molecule has 2 heterocycles. The fourth-order valence-corrected chi connectivity index (χ4v) is 3.36. The Morgan fingerprint density at radius 1 is 1.24 bits per heavy atom. The summed E-state index contributed by atoms with van der Waals surface area (Å²) in [5.41, 5.74) is -2.66. The Bertz CT molecular complexity index is 1000. The predicted octanol–water partition coefficient (Wildman–Crippen LogP) is 2.38. The molecule has 11 heteroatoms. The summed E-state index contributed by atoms with van der Waals surface area (Å²) < 4.78 is 18.6. The van der Waals surface area contributed by atoms with Crippen LogP contribution in [0.3, 0.4) is 0 Å². The Labute approximate surface area is 166 Å². The summed E-state index contributed by atoms with van der Waals surface area (Å²) in [5.74, 6) is -3.14. The number of nitrogens with one attached hydrogen (secondary N) is 2. The van der Waals surface area contributed by atoms with Crippen LogP contribution in [-0.4, -0.2) is 28.4 Å². The molecule has 1 atom stereocenters. The van der Waals surface area contributed by atoms with E-state index in [1.807, 2.05) is 0 Å². The second kappa shape index (κ2) is 8.20. The molecule has 0 saturated carbocycles. The van der Waals surface area contributed by atoms with Crippen molar-refractivity contribution < 1.29 is 28.4 Å². The van der Waals surface area contributed by atoms with Crippen molar-refractivity contribution in [2.24, 2.45) is 0 Å². The fourth-order valence-electron chi connectivity index (χ4n) is 2.53. The first-order valence-corrected chi connectivity index (χ1v) is 9.02. The van der Waals surface area contributed by atoms with Gasteiger partial charge in [0.2, 0.25) is 5.82 Å². The molecule has 0 saturated heterocycles. The number of benzene rings is 1. The van der Waals surface area contributed by atoms with Crippen molar-refractivity contribution in [1.29, 1.82) is 0 Å². The number of furan rings is 1. The zero-order valence-corrected chi connectivity index (χ0v) is 15.4. The van der Waals surface area contributed by atoms with Gasteiger partial charge in [0.1, 0.15) is 5.76 Å². The van der Waals surface area contributed by atoms with Crippen molar-refractivity contribution in [2.75, 3.05) is 11.9 Å². The zero-order valence-electron chi connectivity index (χ0n) is 14.6. The van der Waals surface area contributed by atoms with Crippen molar-refractivity contribution in [2.45, 2.75) is 5.60 Å². The van der Waals surface area contributed by atoms with Crippen LogP contribution in [-0.2, 0) is 15.2 Å².